The van der Waals surface area contributed by atoms with Crippen molar-refractivity contribution in [2.24, 2.45) is 5.73 Å². The fraction of sp³-hybridized carbons (Fsp3) is 0.190. The van der Waals surface area contributed by atoms with Crippen LogP contribution in [0.3, 0.4) is 0 Å². The number of aromatic nitrogens is 1. The van der Waals surface area contributed by atoms with Gasteiger partial charge in [-0.3, -0.25) is 4.49 Å². The summed E-state index contributed by atoms with van der Waals surface area (Å²) in [5.41, 5.74) is 11.8. The number of nitrogens with zero attached hydrogens (tertiary/aromatic N) is 1. The fourth-order valence-electron chi connectivity index (χ4n) is 3.16. The van der Waals surface area contributed by atoms with E-state index in [1.54, 1.807) is 16.6 Å². The molecule has 4 N–H and O–H groups in total. The third-order valence-corrected chi connectivity index (χ3v) is 4.48. The van der Waals surface area contributed by atoms with Gasteiger partial charge >= 0.3 is 7.98 Å². The van der Waals surface area contributed by atoms with Crippen LogP contribution in [0.2, 0.25) is 0 Å². The van der Waals surface area contributed by atoms with Crippen molar-refractivity contribution < 1.29 is 14.3 Å². The second-order valence-corrected chi connectivity index (χ2v) is 6.37. The topological polar surface area (TPSA) is 74.3 Å². The van der Waals surface area contributed by atoms with E-state index in [1.165, 1.54) is 7.11 Å². The molecule has 1 aromatic heterocycles. The molecule has 3 rings (SSSR count). The lowest BCUT2D eigenvalue weighted by molar-refractivity contribution is -0.294. The number of phenolic OH excluding ortho intramolecular Hbond substituents is 1. The maximum absolute atomic E-state index is 9.90. The summed E-state index contributed by atoms with van der Waals surface area (Å²) < 4.78 is 6.68. The minimum Gasteiger partial charge on any atom is -0.504 e. The highest BCUT2D eigenvalue weighted by atomic mass is 16.5. The number of allylic oxidation sites excluding steroid dienone is 2. The quantitative estimate of drug-likeness (QED) is 0.694. The Labute approximate surface area is 160 Å². The highest BCUT2D eigenvalue weighted by molar-refractivity contribution is 6.01. The summed E-state index contributed by atoms with van der Waals surface area (Å²) in [6, 6.07) is 7.37. The van der Waals surface area contributed by atoms with Gasteiger partial charge in [0.25, 0.3) is 0 Å². The summed E-state index contributed by atoms with van der Waals surface area (Å²) in [4.78, 5) is 3.45. The molecular weight excluding hydrogens is 337 g/mol. The second kappa shape index (κ2) is 8.14. The van der Waals surface area contributed by atoms with E-state index in [4.69, 9.17) is 18.5 Å². The van der Waals surface area contributed by atoms with Gasteiger partial charge in [0.05, 0.1) is 12.8 Å². The average molecular weight is 360 g/mol. The number of methoxy groups -OCH3 is 1. The first kappa shape index (κ1) is 18.8. The van der Waals surface area contributed by atoms with Crippen molar-refractivity contribution >= 4 is 31.9 Å². The first-order valence-corrected chi connectivity index (χ1v) is 8.77. The average Bonchev–Trinajstić information content (AvgIpc) is 3.23. The molecule has 0 amide bonds. The van der Waals surface area contributed by atoms with Gasteiger partial charge in [-0.2, -0.15) is 0 Å². The van der Waals surface area contributed by atoms with Crippen molar-refractivity contribution in [3.05, 3.63) is 64.6 Å². The predicted octanol–water partition coefficient (Wildman–Crippen LogP) is 3.00. The minimum atomic E-state index is 0.116. The van der Waals surface area contributed by atoms with E-state index < -0.39 is 0 Å². The van der Waals surface area contributed by atoms with Crippen molar-refractivity contribution in [1.82, 2.24) is 4.98 Å². The Hall–Kier alpha value is -2.99. The van der Waals surface area contributed by atoms with Crippen LogP contribution in [0.25, 0.3) is 17.7 Å². The lowest BCUT2D eigenvalue weighted by atomic mass is 10.0. The summed E-state index contributed by atoms with van der Waals surface area (Å²) in [7, 11) is 7.56. The van der Waals surface area contributed by atoms with Gasteiger partial charge in [-0.05, 0) is 55.3 Å². The Morgan fingerprint density at radius 3 is 2.78 bits per heavy atom. The Morgan fingerprint density at radius 1 is 1.33 bits per heavy atom. The molecular formula is C21H23BN3O2+. The molecule has 0 bridgehead atoms. The van der Waals surface area contributed by atoms with Gasteiger partial charge in [0.1, 0.15) is 6.21 Å². The number of phenols is 1. The van der Waals surface area contributed by atoms with Gasteiger partial charge in [-0.15, -0.1) is 0 Å². The molecule has 1 aliphatic rings. The largest absolute Gasteiger partial charge is 0.586 e. The zero-order chi connectivity index (χ0) is 19.4. The predicted molar refractivity (Wildman–Crippen MR) is 111 cm³/mol. The highest BCUT2D eigenvalue weighted by Gasteiger charge is 2.20. The second-order valence-electron chi connectivity index (χ2n) is 6.37. The number of rotatable bonds is 6. The van der Waals surface area contributed by atoms with Crippen LogP contribution in [0.4, 0.5) is 0 Å². The maximum Gasteiger partial charge on any atom is 0.586 e. The van der Waals surface area contributed by atoms with E-state index in [9.17, 15) is 5.11 Å². The van der Waals surface area contributed by atoms with E-state index >= 15 is 0 Å². The van der Waals surface area contributed by atoms with Crippen LogP contribution in [0.5, 0.6) is 11.5 Å². The Bertz CT molecular complexity index is 968. The summed E-state index contributed by atoms with van der Waals surface area (Å²) in [6.07, 6.45) is 10.4. The highest BCUT2D eigenvalue weighted by Crippen LogP contribution is 2.29. The molecule has 5 nitrogen and oxygen atoms in total. The molecule has 0 unspecified atom stereocenters. The molecule has 0 spiro atoms. The third-order valence-electron chi connectivity index (χ3n) is 4.48. The van der Waals surface area contributed by atoms with Crippen molar-refractivity contribution in [2.75, 3.05) is 13.7 Å². The van der Waals surface area contributed by atoms with Crippen LogP contribution in [-0.2, 0) is 0 Å². The van der Waals surface area contributed by atoms with Crippen LogP contribution < -0.4 is 10.5 Å². The Balaban J connectivity index is 1.91. The summed E-state index contributed by atoms with van der Waals surface area (Å²) in [5.74, 6) is 0.571. The summed E-state index contributed by atoms with van der Waals surface area (Å²) in [5, 5.41) is 9.90. The number of aryl methyl sites for hydroxylation is 1. The van der Waals surface area contributed by atoms with Gasteiger partial charge in [0, 0.05) is 23.4 Å². The van der Waals surface area contributed by atoms with E-state index in [1.807, 2.05) is 36.6 Å². The number of nitrogens with one attached hydrogen (secondary N) is 1. The van der Waals surface area contributed by atoms with Crippen LogP contribution in [0.15, 0.2) is 42.1 Å². The standard InChI is InChI=1S/C21H23BN3O2/c1-14-12-16(7-5-15-6-8-20(27-2)19(26)13-15)24-21(14)17(9-10-23)18-4-3-11-25(18)22/h3-8,11-13,24,26H,9-10,23H2,1-2H3/q+1/b7-5+. The monoisotopic (exact) mass is 360 g/mol. The molecule has 2 heterocycles. The molecule has 0 saturated heterocycles. The van der Waals surface area contributed by atoms with Crippen molar-refractivity contribution in [3.8, 4) is 11.5 Å². The number of hydrogen-bond acceptors (Lipinski definition) is 3. The van der Waals surface area contributed by atoms with Crippen molar-refractivity contribution in [2.45, 2.75) is 13.3 Å². The minimum absolute atomic E-state index is 0.116. The van der Waals surface area contributed by atoms with Gasteiger partial charge in [-0.25, -0.2) is 0 Å². The van der Waals surface area contributed by atoms with Crippen LogP contribution in [0, 0.1) is 6.92 Å². The summed E-state index contributed by atoms with van der Waals surface area (Å²) in [6.45, 7) is 2.60. The smallest absolute Gasteiger partial charge is 0.504 e. The molecule has 0 fully saturated rings. The van der Waals surface area contributed by atoms with Crippen molar-refractivity contribution in [1.29, 1.82) is 0 Å². The number of aromatic amines is 1. The van der Waals surface area contributed by atoms with Crippen LogP contribution >= 0.6 is 0 Å². The molecule has 27 heavy (non-hydrogen) atoms. The SMILES string of the molecule is [B][N+]1=CC=CC1=C(CCN)c1[nH]c(/C=C/c2ccc(OC)c(O)c2)cc1C. The molecule has 136 valence electrons. The first-order chi connectivity index (χ1) is 13.0. The zero-order valence-electron chi connectivity index (χ0n) is 15.6. The van der Waals surface area contributed by atoms with E-state index in [2.05, 4.69) is 18.0 Å². The van der Waals surface area contributed by atoms with Crippen LogP contribution in [-0.4, -0.2) is 42.4 Å². The van der Waals surface area contributed by atoms with Gasteiger partial charge < -0.3 is 20.6 Å². The number of aromatic hydroxyl groups is 1. The third kappa shape index (κ3) is 4.06. The molecule has 0 saturated carbocycles. The molecule has 2 radical (unpaired) electrons. The first-order valence-electron chi connectivity index (χ1n) is 8.77. The Morgan fingerprint density at radius 2 is 2.15 bits per heavy atom. The lowest BCUT2D eigenvalue weighted by Crippen LogP contribution is -2.09. The van der Waals surface area contributed by atoms with Crippen LogP contribution in [0.1, 0.15) is 28.9 Å². The fourth-order valence-corrected chi connectivity index (χ4v) is 3.16. The molecule has 1 aliphatic heterocycles. The summed E-state index contributed by atoms with van der Waals surface area (Å²) >= 11 is 0. The maximum atomic E-state index is 9.90. The number of H-pyrrole nitrogens is 1. The lowest BCUT2D eigenvalue weighted by Gasteiger charge is -2.07. The molecule has 6 heteroatoms. The molecule has 0 aliphatic carbocycles. The van der Waals surface area contributed by atoms with Gasteiger partial charge in [0.2, 0.25) is 0 Å². The number of benzene rings is 1. The van der Waals surface area contributed by atoms with Gasteiger partial charge in [0.15, 0.2) is 17.2 Å². The molecule has 2 aromatic rings. The number of ether oxygens (including phenoxy) is 1. The van der Waals surface area contributed by atoms with E-state index in [-0.39, 0.29) is 5.75 Å². The van der Waals surface area contributed by atoms with E-state index in [0.717, 1.165) is 40.2 Å². The zero-order valence-corrected chi connectivity index (χ0v) is 15.6. The normalized spacial score (nSPS) is 15.4. The molecule has 1 aromatic carbocycles. The van der Waals surface area contributed by atoms with E-state index in [0.29, 0.717) is 12.3 Å². The number of nitrogens with two attached hydrogens (primary N) is 1. The van der Waals surface area contributed by atoms with Gasteiger partial charge in [-0.1, -0.05) is 12.1 Å². The Kier molecular flexibility index (Phi) is 5.67. The number of hydrogen-bond donors (Lipinski definition) is 3. The van der Waals surface area contributed by atoms with Crippen molar-refractivity contribution in [3.63, 3.8) is 0 Å². The molecule has 0 atom stereocenters.